The summed E-state index contributed by atoms with van der Waals surface area (Å²) in [4.78, 5) is 18.3. The second-order valence-corrected chi connectivity index (χ2v) is 8.38. The van der Waals surface area contributed by atoms with E-state index in [2.05, 4.69) is 21.9 Å². The molecular weight excluding hydrogens is 386 g/mol. The quantitative estimate of drug-likeness (QED) is 0.833. The molecule has 1 saturated heterocycles. The van der Waals surface area contributed by atoms with Crippen LogP contribution >= 0.6 is 11.6 Å². The number of carbonyl (C=O) groups excluding carboxylic acids is 1. The molecule has 2 aromatic rings. The molecule has 1 amide bonds. The van der Waals surface area contributed by atoms with Crippen LogP contribution in [0.25, 0.3) is 0 Å². The van der Waals surface area contributed by atoms with Crippen molar-refractivity contribution in [1.82, 2.24) is 4.90 Å². The molecule has 0 spiro atoms. The Morgan fingerprint density at radius 1 is 1.10 bits per heavy atom. The highest BCUT2D eigenvalue weighted by Gasteiger charge is 2.23. The van der Waals surface area contributed by atoms with Gasteiger partial charge >= 0.3 is 0 Å². The van der Waals surface area contributed by atoms with Gasteiger partial charge in [0.1, 0.15) is 0 Å². The van der Waals surface area contributed by atoms with Crippen molar-refractivity contribution in [2.45, 2.75) is 25.9 Å². The average molecular weight is 414 g/mol. The molecule has 0 radical (unpaired) electrons. The molecule has 2 aliphatic heterocycles. The van der Waals surface area contributed by atoms with Gasteiger partial charge in [-0.3, -0.25) is 9.69 Å². The number of aliphatic hydroxyl groups excluding tert-OH is 1. The Balaban J connectivity index is 1.37. The summed E-state index contributed by atoms with van der Waals surface area (Å²) in [6.45, 7) is 6.68. The predicted molar refractivity (Wildman–Crippen MR) is 118 cm³/mol. The first-order chi connectivity index (χ1) is 14.0. The molecule has 29 heavy (non-hydrogen) atoms. The number of nitrogens with zero attached hydrogens (tertiary/aromatic N) is 3. The number of benzene rings is 2. The number of β-amino-alcohol motifs (C(OH)–C–C–N with tert-alkyl or cyclic N) is 1. The van der Waals surface area contributed by atoms with Gasteiger partial charge in [-0.2, -0.15) is 0 Å². The zero-order valence-corrected chi connectivity index (χ0v) is 17.6. The number of hydrogen-bond donors (Lipinski definition) is 1. The van der Waals surface area contributed by atoms with Gasteiger partial charge in [0.15, 0.2) is 0 Å². The minimum Gasteiger partial charge on any atom is -0.387 e. The fourth-order valence-electron chi connectivity index (χ4n) is 4.36. The van der Waals surface area contributed by atoms with E-state index < -0.39 is 6.10 Å². The van der Waals surface area contributed by atoms with Gasteiger partial charge in [-0.05, 0) is 48.2 Å². The first-order valence-electron chi connectivity index (χ1n) is 10.3. The molecule has 2 aromatic carbocycles. The number of rotatable bonds is 4. The summed E-state index contributed by atoms with van der Waals surface area (Å²) in [5, 5.41) is 11.6. The second-order valence-electron chi connectivity index (χ2n) is 7.95. The summed E-state index contributed by atoms with van der Waals surface area (Å²) in [5.41, 5.74) is 4.25. The highest BCUT2D eigenvalue weighted by atomic mass is 35.5. The summed E-state index contributed by atoms with van der Waals surface area (Å²) in [5.74, 6) is 0.0804. The largest absolute Gasteiger partial charge is 0.387 e. The van der Waals surface area contributed by atoms with Gasteiger partial charge in [0, 0.05) is 62.6 Å². The van der Waals surface area contributed by atoms with Gasteiger partial charge in [0.25, 0.3) is 0 Å². The molecule has 0 saturated carbocycles. The molecule has 0 bridgehead atoms. The molecule has 5 nitrogen and oxygen atoms in total. The molecule has 0 unspecified atom stereocenters. The third kappa shape index (κ3) is 4.58. The van der Waals surface area contributed by atoms with Crippen LogP contribution < -0.4 is 9.80 Å². The molecule has 1 atom stereocenters. The lowest BCUT2D eigenvalue weighted by atomic mass is 9.97. The van der Waals surface area contributed by atoms with E-state index in [1.807, 2.05) is 35.2 Å². The maximum absolute atomic E-state index is 11.8. The van der Waals surface area contributed by atoms with E-state index in [1.165, 1.54) is 0 Å². The van der Waals surface area contributed by atoms with E-state index in [-0.39, 0.29) is 5.91 Å². The Bertz CT molecular complexity index is 880. The highest BCUT2D eigenvalue weighted by molar-refractivity contribution is 6.30. The number of amides is 1. The Morgan fingerprint density at radius 2 is 1.90 bits per heavy atom. The Kier molecular flexibility index (Phi) is 6.09. The van der Waals surface area contributed by atoms with Crippen LogP contribution in [0.4, 0.5) is 11.4 Å². The smallest absolute Gasteiger partial charge is 0.223 e. The number of aryl methyl sites for hydroxylation is 1. The Morgan fingerprint density at radius 3 is 2.62 bits per heavy atom. The van der Waals surface area contributed by atoms with Crippen LogP contribution in [0.15, 0.2) is 42.5 Å². The Labute approximate surface area is 177 Å². The van der Waals surface area contributed by atoms with Crippen LogP contribution in [-0.4, -0.2) is 55.2 Å². The standard InChI is InChI=1S/C23H28ClN3O2/c1-17(28)27-9-3-4-18-14-19(7-8-22(18)27)23(29)16-25-10-12-26(13-11-25)21-6-2-5-20(24)15-21/h2,5-8,14-15,23,29H,3-4,9-13,16H2,1H3/t23-/m1/s1. The molecule has 1 fully saturated rings. The fraction of sp³-hybridized carbons (Fsp3) is 0.435. The minimum atomic E-state index is -0.522. The topological polar surface area (TPSA) is 47.0 Å². The monoisotopic (exact) mass is 413 g/mol. The third-order valence-electron chi connectivity index (χ3n) is 5.96. The first kappa shape index (κ1) is 20.2. The minimum absolute atomic E-state index is 0.0804. The van der Waals surface area contributed by atoms with E-state index in [0.29, 0.717) is 6.54 Å². The van der Waals surface area contributed by atoms with Crippen LogP contribution in [0.3, 0.4) is 0 Å². The number of anilines is 2. The van der Waals surface area contributed by atoms with Crippen LogP contribution in [-0.2, 0) is 11.2 Å². The van der Waals surface area contributed by atoms with Crippen LogP contribution in [0.5, 0.6) is 0 Å². The summed E-state index contributed by atoms with van der Waals surface area (Å²) in [6, 6.07) is 14.0. The summed E-state index contributed by atoms with van der Waals surface area (Å²) in [6.07, 6.45) is 1.40. The normalized spacial score (nSPS) is 18.4. The molecule has 4 rings (SSSR count). The molecule has 2 aliphatic rings. The van der Waals surface area contributed by atoms with Gasteiger partial charge < -0.3 is 14.9 Å². The number of fused-ring (bicyclic) bond motifs is 1. The first-order valence-corrected chi connectivity index (χ1v) is 10.7. The summed E-state index contributed by atoms with van der Waals surface area (Å²) >= 11 is 6.11. The number of hydrogen-bond acceptors (Lipinski definition) is 4. The SMILES string of the molecule is CC(=O)N1CCCc2cc([C@H](O)CN3CCN(c4cccc(Cl)c4)CC3)ccc21. The lowest BCUT2D eigenvalue weighted by molar-refractivity contribution is -0.116. The van der Waals surface area contributed by atoms with Gasteiger partial charge in [0.2, 0.25) is 5.91 Å². The summed E-state index contributed by atoms with van der Waals surface area (Å²) in [7, 11) is 0. The maximum Gasteiger partial charge on any atom is 0.223 e. The number of halogens is 1. The van der Waals surface area contributed by atoms with Crippen molar-refractivity contribution < 1.29 is 9.90 Å². The number of aliphatic hydroxyl groups is 1. The molecule has 1 N–H and O–H groups in total. The van der Waals surface area contributed by atoms with E-state index in [0.717, 1.165) is 73.1 Å². The highest BCUT2D eigenvalue weighted by Crippen LogP contribution is 2.30. The maximum atomic E-state index is 11.8. The molecule has 154 valence electrons. The molecule has 0 aromatic heterocycles. The van der Waals surface area contributed by atoms with E-state index in [1.54, 1.807) is 6.92 Å². The van der Waals surface area contributed by atoms with Gasteiger partial charge in [-0.1, -0.05) is 29.8 Å². The molecule has 2 heterocycles. The van der Waals surface area contributed by atoms with E-state index in [4.69, 9.17) is 11.6 Å². The van der Waals surface area contributed by atoms with Crippen molar-refractivity contribution in [3.05, 3.63) is 58.6 Å². The van der Waals surface area contributed by atoms with Crippen molar-refractivity contribution in [3.63, 3.8) is 0 Å². The van der Waals surface area contributed by atoms with Gasteiger partial charge in [-0.15, -0.1) is 0 Å². The van der Waals surface area contributed by atoms with Gasteiger partial charge in [0.05, 0.1) is 6.10 Å². The van der Waals surface area contributed by atoms with Crippen molar-refractivity contribution in [3.8, 4) is 0 Å². The molecule has 6 heteroatoms. The number of carbonyl (C=O) groups is 1. The van der Waals surface area contributed by atoms with Crippen molar-refractivity contribution in [2.24, 2.45) is 0 Å². The average Bonchev–Trinajstić information content (AvgIpc) is 2.73. The lowest BCUT2D eigenvalue weighted by Crippen LogP contribution is -2.47. The molecular formula is C23H28ClN3O2. The van der Waals surface area contributed by atoms with Gasteiger partial charge in [-0.25, -0.2) is 0 Å². The number of piperazine rings is 1. The van der Waals surface area contributed by atoms with E-state index >= 15 is 0 Å². The van der Waals surface area contributed by atoms with Crippen molar-refractivity contribution in [1.29, 1.82) is 0 Å². The zero-order chi connectivity index (χ0) is 20.4. The Hall–Kier alpha value is -2.08. The second kappa shape index (κ2) is 8.74. The van der Waals surface area contributed by atoms with Crippen LogP contribution in [0.1, 0.15) is 30.6 Å². The lowest BCUT2D eigenvalue weighted by Gasteiger charge is -2.37. The molecule has 0 aliphatic carbocycles. The summed E-state index contributed by atoms with van der Waals surface area (Å²) < 4.78 is 0. The van der Waals surface area contributed by atoms with Crippen molar-refractivity contribution >= 4 is 28.9 Å². The predicted octanol–water partition coefficient (Wildman–Crippen LogP) is 3.49. The zero-order valence-electron chi connectivity index (χ0n) is 16.9. The van der Waals surface area contributed by atoms with Crippen LogP contribution in [0, 0.1) is 0 Å². The van der Waals surface area contributed by atoms with E-state index in [9.17, 15) is 9.90 Å². The fourth-order valence-corrected chi connectivity index (χ4v) is 4.55. The van der Waals surface area contributed by atoms with Crippen LogP contribution in [0.2, 0.25) is 5.02 Å². The third-order valence-corrected chi connectivity index (χ3v) is 6.20. The van der Waals surface area contributed by atoms with Crippen molar-refractivity contribution in [2.75, 3.05) is 49.1 Å².